The van der Waals surface area contributed by atoms with Crippen molar-refractivity contribution in [1.82, 2.24) is 14.9 Å². The van der Waals surface area contributed by atoms with Gasteiger partial charge in [0.2, 0.25) is 11.8 Å². The number of primary amides is 1. The number of hydrogen-bond donors (Lipinski definition) is 1. The van der Waals surface area contributed by atoms with Gasteiger partial charge in [-0.15, -0.1) is 11.3 Å². The Morgan fingerprint density at radius 3 is 2.90 bits per heavy atom. The summed E-state index contributed by atoms with van der Waals surface area (Å²) in [5.41, 5.74) is 6.71. The zero-order valence-electron chi connectivity index (χ0n) is 17.5. The van der Waals surface area contributed by atoms with E-state index in [0.29, 0.717) is 24.4 Å². The van der Waals surface area contributed by atoms with E-state index < -0.39 is 0 Å². The largest absolute Gasteiger partial charge is 0.474 e. The molecule has 2 N–H and O–H groups in total. The van der Waals surface area contributed by atoms with E-state index in [1.807, 2.05) is 0 Å². The van der Waals surface area contributed by atoms with Gasteiger partial charge in [0.25, 0.3) is 0 Å². The highest BCUT2D eigenvalue weighted by Crippen LogP contribution is 2.47. The molecule has 0 bridgehead atoms. The molecule has 7 nitrogen and oxygen atoms in total. The van der Waals surface area contributed by atoms with Crippen LogP contribution in [0.15, 0.2) is 6.33 Å². The van der Waals surface area contributed by atoms with Gasteiger partial charge in [0, 0.05) is 29.9 Å². The van der Waals surface area contributed by atoms with Gasteiger partial charge in [0.15, 0.2) is 0 Å². The van der Waals surface area contributed by atoms with Crippen molar-refractivity contribution in [3.63, 3.8) is 0 Å². The summed E-state index contributed by atoms with van der Waals surface area (Å²) in [6.45, 7) is 4.98. The minimum atomic E-state index is -0.248. The molecule has 8 heteroatoms. The van der Waals surface area contributed by atoms with Crippen LogP contribution in [0.4, 0.5) is 0 Å². The molecule has 1 saturated carbocycles. The molecule has 30 heavy (non-hydrogen) atoms. The van der Waals surface area contributed by atoms with Crippen molar-refractivity contribution in [3.8, 4) is 5.88 Å². The second-order valence-corrected chi connectivity index (χ2v) is 10.00. The molecule has 3 heterocycles. The van der Waals surface area contributed by atoms with E-state index in [-0.39, 0.29) is 17.9 Å². The number of aromatic nitrogens is 2. The highest BCUT2D eigenvalue weighted by atomic mass is 32.1. The number of ether oxygens (including phenoxy) is 2. The van der Waals surface area contributed by atoms with E-state index >= 15 is 0 Å². The number of amides is 1. The topological polar surface area (TPSA) is 90.6 Å². The summed E-state index contributed by atoms with van der Waals surface area (Å²) in [6.07, 6.45) is 8.50. The molecule has 0 aromatic carbocycles. The third kappa shape index (κ3) is 3.81. The first-order valence-corrected chi connectivity index (χ1v) is 12.0. The lowest BCUT2D eigenvalue weighted by Crippen LogP contribution is -2.51. The van der Waals surface area contributed by atoms with Crippen molar-refractivity contribution in [2.75, 3.05) is 19.8 Å². The molecule has 1 amide bonds. The lowest BCUT2D eigenvalue weighted by atomic mass is 9.90. The van der Waals surface area contributed by atoms with Crippen LogP contribution < -0.4 is 10.5 Å². The molecule has 2 aromatic rings. The third-order valence-electron chi connectivity index (χ3n) is 6.95. The Balaban J connectivity index is 1.31. The minimum absolute atomic E-state index is 0.165. The Hall–Kier alpha value is -1.77. The van der Waals surface area contributed by atoms with Crippen LogP contribution in [0.1, 0.15) is 61.8 Å². The molecule has 0 spiro atoms. The monoisotopic (exact) mass is 430 g/mol. The normalized spacial score (nSPS) is 29.8. The maximum Gasteiger partial charge on any atom is 0.225 e. The summed E-state index contributed by atoms with van der Waals surface area (Å²) in [5, 5.41) is 1.02. The first-order chi connectivity index (χ1) is 14.6. The van der Waals surface area contributed by atoms with Crippen LogP contribution in [0.25, 0.3) is 10.2 Å². The van der Waals surface area contributed by atoms with Crippen LogP contribution in [0.5, 0.6) is 5.88 Å². The molecule has 1 saturated heterocycles. The lowest BCUT2D eigenvalue weighted by Gasteiger charge is -2.42. The van der Waals surface area contributed by atoms with E-state index in [9.17, 15) is 4.79 Å². The van der Waals surface area contributed by atoms with Crippen molar-refractivity contribution in [3.05, 3.63) is 16.8 Å². The molecule has 162 valence electrons. The highest BCUT2D eigenvalue weighted by Gasteiger charge is 2.34. The van der Waals surface area contributed by atoms with Crippen LogP contribution in [0.2, 0.25) is 0 Å². The van der Waals surface area contributed by atoms with Gasteiger partial charge in [-0.1, -0.05) is 0 Å². The maximum absolute atomic E-state index is 11.6. The van der Waals surface area contributed by atoms with Gasteiger partial charge in [-0.25, -0.2) is 9.97 Å². The van der Waals surface area contributed by atoms with E-state index in [0.717, 1.165) is 68.5 Å². The Kier molecular flexibility index (Phi) is 5.64. The molecule has 5 rings (SSSR count). The molecule has 0 radical (unpaired) electrons. The number of nitrogens with zero attached hydrogens (tertiary/aromatic N) is 3. The smallest absolute Gasteiger partial charge is 0.225 e. The van der Waals surface area contributed by atoms with E-state index in [1.165, 1.54) is 10.4 Å². The Labute approximate surface area is 181 Å². The number of rotatable bonds is 5. The Morgan fingerprint density at radius 1 is 1.30 bits per heavy atom. The van der Waals surface area contributed by atoms with E-state index in [2.05, 4.69) is 21.8 Å². The number of hydrogen-bond acceptors (Lipinski definition) is 7. The number of nitrogens with two attached hydrogens (primary N) is 1. The quantitative estimate of drug-likeness (QED) is 0.784. The second-order valence-electron chi connectivity index (χ2n) is 8.91. The lowest BCUT2D eigenvalue weighted by molar-refractivity contribution is -0.118. The van der Waals surface area contributed by atoms with Gasteiger partial charge < -0.3 is 15.2 Å². The zero-order chi connectivity index (χ0) is 20.7. The predicted octanol–water partition coefficient (Wildman–Crippen LogP) is 3.01. The average Bonchev–Trinajstić information content (AvgIpc) is 3.29. The molecule has 1 aliphatic heterocycles. The molecule has 2 atom stereocenters. The summed E-state index contributed by atoms with van der Waals surface area (Å²) in [6, 6.07) is 1.12. The van der Waals surface area contributed by atoms with Crippen molar-refractivity contribution in [2.24, 2.45) is 5.73 Å². The van der Waals surface area contributed by atoms with Crippen LogP contribution >= 0.6 is 11.3 Å². The van der Waals surface area contributed by atoms with E-state index in [4.69, 9.17) is 15.2 Å². The fraction of sp³-hybridized carbons (Fsp3) is 0.682. The van der Waals surface area contributed by atoms with Gasteiger partial charge >= 0.3 is 0 Å². The summed E-state index contributed by atoms with van der Waals surface area (Å²) in [7, 11) is 0. The highest BCUT2D eigenvalue weighted by molar-refractivity contribution is 7.19. The maximum atomic E-state index is 11.6. The Bertz CT molecular complexity index is 924. The van der Waals surface area contributed by atoms with Gasteiger partial charge in [0.1, 0.15) is 17.3 Å². The summed E-state index contributed by atoms with van der Waals surface area (Å²) < 4.78 is 12.1. The van der Waals surface area contributed by atoms with Crippen LogP contribution in [-0.2, 0) is 16.0 Å². The van der Waals surface area contributed by atoms with Crippen molar-refractivity contribution < 1.29 is 14.3 Å². The van der Waals surface area contributed by atoms with Crippen LogP contribution in [-0.4, -0.2) is 58.7 Å². The van der Waals surface area contributed by atoms with Crippen LogP contribution in [0.3, 0.4) is 0 Å². The zero-order valence-corrected chi connectivity index (χ0v) is 18.3. The first-order valence-electron chi connectivity index (χ1n) is 11.1. The van der Waals surface area contributed by atoms with Gasteiger partial charge in [-0.3, -0.25) is 9.69 Å². The summed E-state index contributed by atoms with van der Waals surface area (Å²) in [4.78, 5) is 25.5. The average molecular weight is 431 g/mol. The number of aryl methyl sites for hydroxylation is 1. The van der Waals surface area contributed by atoms with Crippen LogP contribution in [0, 0.1) is 0 Å². The number of fused-ring (bicyclic) bond motifs is 3. The van der Waals surface area contributed by atoms with E-state index in [1.54, 1.807) is 17.7 Å². The number of carbonyl (C=O) groups is 1. The Morgan fingerprint density at radius 2 is 2.13 bits per heavy atom. The van der Waals surface area contributed by atoms with Crippen molar-refractivity contribution >= 4 is 27.5 Å². The molecule has 2 fully saturated rings. The van der Waals surface area contributed by atoms with Crippen molar-refractivity contribution in [2.45, 2.75) is 76.0 Å². The second kappa shape index (κ2) is 8.40. The SMILES string of the molecule is C[C@@H]1COCCN1C1CCC(Oc2ncnc3sc4c(c23)[C@@H](CC(N)=O)CC4)CC1. The fourth-order valence-electron chi connectivity index (χ4n) is 5.51. The predicted molar refractivity (Wildman–Crippen MR) is 116 cm³/mol. The molecule has 2 aliphatic carbocycles. The van der Waals surface area contributed by atoms with Gasteiger partial charge in [-0.2, -0.15) is 0 Å². The summed E-state index contributed by atoms with van der Waals surface area (Å²) >= 11 is 1.71. The number of carbonyl (C=O) groups excluding carboxylic acids is 1. The molecular formula is C22H30N4O3S. The molecular weight excluding hydrogens is 400 g/mol. The van der Waals surface area contributed by atoms with Gasteiger partial charge in [-0.05, 0) is 56.9 Å². The molecule has 0 unspecified atom stereocenters. The molecule has 2 aromatic heterocycles. The summed E-state index contributed by atoms with van der Waals surface area (Å²) in [5.74, 6) is 0.609. The first kappa shape index (κ1) is 20.2. The fourth-order valence-corrected chi connectivity index (χ4v) is 6.74. The third-order valence-corrected chi connectivity index (χ3v) is 8.13. The number of thiophene rings is 1. The van der Waals surface area contributed by atoms with Crippen molar-refractivity contribution in [1.29, 1.82) is 0 Å². The molecule has 3 aliphatic rings. The minimum Gasteiger partial charge on any atom is -0.474 e. The number of morpholine rings is 1. The standard InChI is InChI=1S/C22H30N4O3S/c1-13-11-28-9-8-26(13)15-3-5-16(6-4-15)29-21-20-19-14(10-18(23)27)2-7-17(19)30-22(20)25-12-24-21/h12-16H,2-11H2,1H3,(H2,23,27)/t13-,14-,15?,16?/m1/s1. The van der Waals surface area contributed by atoms with Gasteiger partial charge in [0.05, 0.1) is 18.6 Å².